The minimum Gasteiger partial charge on any atom is -0.497 e. The zero-order chi connectivity index (χ0) is 25.4. The highest BCUT2D eigenvalue weighted by Crippen LogP contribution is 2.37. The van der Waals surface area contributed by atoms with Crippen molar-refractivity contribution >= 4 is 15.9 Å². The zero-order valence-electron chi connectivity index (χ0n) is 20.9. The smallest absolute Gasteiger partial charge is 0.288 e. The summed E-state index contributed by atoms with van der Waals surface area (Å²) in [5.74, 6) is 1.32. The third kappa shape index (κ3) is 7.19. The van der Waals surface area contributed by atoms with E-state index in [9.17, 15) is 18.3 Å². The number of amides is 1. The van der Waals surface area contributed by atoms with Gasteiger partial charge in [-0.1, -0.05) is 19.3 Å². The van der Waals surface area contributed by atoms with Crippen molar-refractivity contribution in [3.05, 3.63) is 36.1 Å². The molecule has 1 amide bonds. The van der Waals surface area contributed by atoms with Crippen LogP contribution in [0, 0.1) is 11.8 Å². The lowest BCUT2D eigenvalue weighted by atomic mass is 9.77. The van der Waals surface area contributed by atoms with Crippen LogP contribution >= 0.6 is 0 Å². The molecule has 0 unspecified atom stereocenters. The number of carbonyl (C=O) groups excluding carboxylic acids is 1. The lowest BCUT2D eigenvalue weighted by Gasteiger charge is -2.35. The monoisotopic (exact) mass is 510 g/mol. The molecule has 0 radical (unpaired) electrons. The van der Waals surface area contributed by atoms with E-state index in [4.69, 9.17) is 14.2 Å². The van der Waals surface area contributed by atoms with E-state index in [2.05, 4.69) is 0 Å². The fraction of sp³-hybridized carbons (Fsp3) is 0.640. The van der Waals surface area contributed by atoms with E-state index in [0.29, 0.717) is 23.8 Å². The molecule has 196 valence electrons. The number of ether oxygens (including phenoxy) is 3. The average Bonchev–Trinajstić information content (AvgIpc) is 2.88. The Morgan fingerprint density at radius 1 is 1.11 bits per heavy atom. The van der Waals surface area contributed by atoms with Crippen molar-refractivity contribution in [1.82, 2.24) is 9.21 Å². The van der Waals surface area contributed by atoms with Gasteiger partial charge in [0.25, 0.3) is 5.91 Å². The summed E-state index contributed by atoms with van der Waals surface area (Å²) in [6, 6.07) is 6.11. The Morgan fingerprint density at radius 3 is 2.40 bits per heavy atom. The number of benzene rings is 1. The average molecular weight is 511 g/mol. The number of sulfonamides is 1. The van der Waals surface area contributed by atoms with Crippen molar-refractivity contribution in [3.8, 4) is 5.75 Å². The van der Waals surface area contributed by atoms with E-state index in [1.807, 2.05) is 6.08 Å². The van der Waals surface area contributed by atoms with Crippen molar-refractivity contribution in [1.29, 1.82) is 0 Å². The molecule has 9 nitrogen and oxygen atoms in total. The van der Waals surface area contributed by atoms with E-state index >= 15 is 0 Å². The fourth-order valence-corrected chi connectivity index (χ4v) is 6.11. The highest BCUT2D eigenvalue weighted by molar-refractivity contribution is 7.89. The molecule has 3 rings (SSSR count). The summed E-state index contributed by atoms with van der Waals surface area (Å²) in [5.41, 5.74) is 0. The molecule has 35 heavy (non-hydrogen) atoms. The minimum atomic E-state index is -3.83. The number of aliphatic hydroxyl groups is 1. The molecule has 10 heteroatoms. The number of aliphatic hydroxyl groups excluding tert-OH is 1. The van der Waals surface area contributed by atoms with Crippen LogP contribution in [0.2, 0.25) is 0 Å². The third-order valence-corrected chi connectivity index (χ3v) is 8.56. The van der Waals surface area contributed by atoms with Crippen LogP contribution in [0.3, 0.4) is 0 Å². The quantitative estimate of drug-likeness (QED) is 0.488. The largest absolute Gasteiger partial charge is 0.497 e. The summed E-state index contributed by atoms with van der Waals surface area (Å²) >= 11 is 0. The van der Waals surface area contributed by atoms with Crippen LogP contribution in [-0.2, 0) is 24.3 Å². The fourth-order valence-electron chi connectivity index (χ4n) is 4.70. The Labute approximate surface area is 208 Å². The SMILES string of the molecule is COc1ccc(S(=O)(=O)N(CCO)CCO[C@@H]2C[C@H](C3CCCCC3)C=C(C(=O)N(C)C)O2)cc1. The first-order valence-electron chi connectivity index (χ1n) is 12.2. The lowest BCUT2D eigenvalue weighted by molar-refractivity contribution is -0.155. The van der Waals surface area contributed by atoms with Crippen molar-refractivity contribution in [3.63, 3.8) is 0 Å². The summed E-state index contributed by atoms with van der Waals surface area (Å²) in [4.78, 5) is 14.2. The number of methoxy groups -OCH3 is 1. The van der Waals surface area contributed by atoms with Crippen LogP contribution in [0.25, 0.3) is 0 Å². The number of hydrogen-bond acceptors (Lipinski definition) is 7. The summed E-state index contributed by atoms with van der Waals surface area (Å²) in [5, 5.41) is 9.46. The van der Waals surface area contributed by atoms with Gasteiger partial charge in [0.05, 0.1) is 25.2 Å². The predicted octanol–water partition coefficient (Wildman–Crippen LogP) is 2.61. The molecule has 1 aliphatic carbocycles. The van der Waals surface area contributed by atoms with E-state index in [0.717, 1.165) is 12.8 Å². The molecule has 0 bridgehead atoms. The van der Waals surface area contributed by atoms with Gasteiger partial charge in [0.15, 0.2) is 5.76 Å². The maximum atomic E-state index is 13.1. The number of rotatable bonds is 11. The maximum Gasteiger partial charge on any atom is 0.288 e. The number of nitrogens with zero attached hydrogens (tertiary/aromatic N) is 2. The Bertz CT molecular complexity index is 957. The van der Waals surface area contributed by atoms with Crippen molar-refractivity contribution in [2.45, 2.75) is 49.7 Å². The molecule has 1 heterocycles. The Morgan fingerprint density at radius 2 is 1.80 bits per heavy atom. The molecular formula is C25H38N2O7S. The molecule has 1 N–H and O–H groups in total. The molecule has 1 aromatic rings. The van der Waals surface area contributed by atoms with Crippen molar-refractivity contribution < 1.29 is 32.5 Å². The van der Waals surface area contributed by atoms with Crippen molar-refractivity contribution in [2.75, 3.05) is 47.5 Å². The number of allylic oxidation sites excluding steroid dienone is 1. The highest BCUT2D eigenvalue weighted by Gasteiger charge is 2.33. The van der Waals surface area contributed by atoms with Gasteiger partial charge >= 0.3 is 0 Å². The maximum absolute atomic E-state index is 13.1. The molecule has 2 aliphatic rings. The highest BCUT2D eigenvalue weighted by atomic mass is 32.2. The van der Waals surface area contributed by atoms with Gasteiger partial charge in [-0.15, -0.1) is 0 Å². The standard InChI is InChI=1S/C25H38N2O7S/c1-26(2)25(29)23-17-20(19-7-5-4-6-8-19)18-24(34-23)33-16-14-27(13-15-28)35(30,31)22-11-9-21(32-3)10-12-22/h9-12,17,19-20,24,28H,4-8,13-16,18H2,1-3H3/t20-,24+/m1/s1. The molecule has 1 fully saturated rings. The Balaban J connectivity index is 1.66. The number of carbonyl (C=O) groups is 1. The first-order valence-corrected chi connectivity index (χ1v) is 13.7. The number of hydrogen-bond donors (Lipinski definition) is 1. The van der Waals surface area contributed by atoms with Gasteiger partial charge in [0.1, 0.15) is 5.75 Å². The second-order valence-corrected chi connectivity index (χ2v) is 11.2. The van der Waals surface area contributed by atoms with E-state index in [1.165, 1.54) is 47.7 Å². The summed E-state index contributed by atoms with van der Waals surface area (Å²) in [6.07, 6.45) is 7.82. The van der Waals surface area contributed by atoms with Crippen LogP contribution in [0.1, 0.15) is 38.5 Å². The molecule has 0 spiro atoms. The summed E-state index contributed by atoms with van der Waals surface area (Å²) < 4.78 is 44.4. The van der Waals surface area contributed by atoms with E-state index in [-0.39, 0.29) is 43.0 Å². The van der Waals surface area contributed by atoms with Crippen LogP contribution in [0.5, 0.6) is 5.75 Å². The van der Waals surface area contributed by atoms with Gasteiger partial charge in [-0.05, 0) is 55.0 Å². The van der Waals surface area contributed by atoms with E-state index < -0.39 is 16.3 Å². The van der Waals surface area contributed by atoms with Gasteiger partial charge in [-0.2, -0.15) is 4.31 Å². The molecule has 2 atom stereocenters. The van der Waals surface area contributed by atoms with Gasteiger partial charge < -0.3 is 24.2 Å². The predicted molar refractivity (Wildman–Crippen MR) is 131 cm³/mol. The second kappa shape index (κ2) is 12.7. The number of likely N-dealkylation sites (N-methyl/N-ethyl adjacent to an activating group) is 1. The molecule has 1 aliphatic heterocycles. The minimum absolute atomic E-state index is 0.0452. The zero-order valence-corrected chi connectivity index (χ0v) is 21.7. The van der Waals surface area contributed by atoms with Gasteiger partial charge in [-0.3, -0.25) is 4.79 Å². The van der Waals surface area contributed by atoms with Crippen molar-refractivity contribution in [2.24, 2.45) is 11.8 Å². The second-order valence-electron chi connectivity index (χ2n) is 9.25. The summed E-state index contributed by atoms with van der Waals surface area (Å²) in [6.45, 7) is -0.258. The molecule has 0 aromatic heterocycles. The van der Waals surface area contributed by atoms with Crippen LogP contribution in [0.15, 0.2) is 41.0 Å². The van der Waals surface area contributed by atoms with Gasteiger partial charge in [0.2, 0.25) is 16.3 Å². The molecular weight excluding hydrogens is 472 g/mol. The van der Waals surface area contributed by atoms with Crippen LogP contribution in [-0.4, -0.2) is 82.4 Å². The Kier molecular flexibility index (Phi) is 9.97. The molecule has 1 aromatic carbocycles. The third-order valence-electron chi connectivity index (χ3n) is 6.65. The van der Waals surface area contributed by atoms with Crippen LogP contribution < -0.4 is 4.74 Å². The van der Waals surface area contributed by atoms with E-state index in [1.54, 1.807) is 26.2 Å². The summed E-state index contributed by atoms with van der Waals surface area (Å²) in [7, 11) is 1.05. The normalized spacial score (nSPS) is 21.3. The topological polar surface area (TPSA) is 106 Å². The lowest BCUT2D eigenvalue weighted by Crippen LogP contribution is -2.39. The van der Waals surface area contributed by atoms with Gasteiger partial charge in [0, 0.05) is 33.6 Å². The molecule has 0 saturated heterocycles. The van der Waals surface area contributed by atoms with Gasteiger partial charge in [-0.25, -0.2) is 8.42 Å². The molecule has 1 saturated carbocycles. The van der Waals surface area contributed by atoms with Crippen LogP contribution in [0.4, 0.5) is 0 Å². The Hall–Kier alpha value is -2.14. The first kappa shape index (κ1) is 27.4. The first-order chi connectivity index (χ1) is 16.8.